The summed E-state index contributed by atoms with van der Waals surface area (Å²) >= 11 is 8.37. The molecular formula is C64H54O17S2. The van der Waals surface area contributed by atoms with Gasteiger partial charge in [0, 0.05) is 48.7 Å². The Morgan fingerprint density at radius 3 is 1.14 bits per heavy atom. The van der Waals surface area contributed by atoms with E-state index in [1.165, 1.54) is 114 Å². The van der Waals surface area contributed by atoms with Gasteiger partial charge in [-0.15, -0.1) is 25.3 Å². The first-order valence-electron chi connectivity index (χ1n) is 24.6. The molecule has 0 aliphatic heterocycles. The van der Waals surface area contributed by atoms with Gasteiger partial charge in [-0.25, -0.2) is 24.0 Å². The molecule has 17 nitrogen and oxygen atoms in total. The zero-order valence-electron chi connectivity index (χ0n) is 45.4. The minimum absolute atomic E-state index is 0.0239. The lowest BCUT2D eigenvalue weighted by molar-refractivity contribution is 0.0584. The fraction of sp³-hybridized carbons (Fsp3) is 0.109. The summed E-state index contributed by atoms with van der Waals surface area (Å²) in [7, 11) is 6.31. The van der Waals surface area contributed by atoms with Crippen LogP contribution in [0.4, 0.5) is 0 Å². The Kier molecular flexibility index (Phi) is 23.8. The third kappa shape index (κ3) is 17.7. The van der Waals surface area contributed by atoms with Crippen LogP contribution in [-0.4, -0.2) is 105 Å². The first-order valence-corrected chi connectivity index (χ1v) is 25.5. The van der Waals surface area contributed by atoms with Crippen molar-refractivity contribution in [1.29, 1.82) is 0 Å². The number of rotatable bonds is 15. The molecule has 0 saturated heterocycles. The number of benzene rings is 8. The molecule has 0 radical (unpaired) electrons. The number of aromatic hydroxyl groups is 2. The van der Waals surface area contributed by atoms with Crippen molar-refractivity contribution in [2.45, 2.75) is 16.7 Å². The van der Waals surface area contributed by atoms with Gasteiger partial charge >= 0.3 is 29.8 Å². The van der Waals surface area contributed by atoms with Crippen LogP contribution in [0, 0.1) is 0 Å². The van der Waals surface area contributed by atoms with Crippen LogP contribution in [0.1, 0.15) is 122 Å². The predicted octanol–water partition coefficient (Wildman–Crippen LogP) is 11.0. The zero-order valence-corrected chi connectivity index (χ0v) is 47.2. The van der Waals surface area contributed by atoms with Gasteiger partial charge in [-0.1, -0.05) is 36.4 Å². The number of thiol groups is 2. The Morgan fingerprint density at radius 1 is 0.325 bits per heavy atom. The molecule has 83 heavy (non-hydrogen) atoms. The van der Waals surface area contributed by atoms with Gasteiger partial charge in [0.15, 0.2) is 23.1 Å². The van der Waals surface area contributed by atoms with Gasteiger partial charge in [0.25, 0.3) is 0 Å². The smallest absolute Gasteiger partial charge is 0.338 e. The van der Waals surface area contributed by atoms with Gasteiger partial charge in [0.05, 0.1) is 75.5 Å². The summed E-state index contributed by atoms with van der Waals surface area (Å²) in [4.78, 5) is 109. The molecule has 8 aromatic rings. The monoisotopic (exact) mass is 1160 g/mol. The maximum Gasteiger partial charge on any atom is 0.338 e. The van der Waals surface area contributed by atoms with Crippen LogP contribution in [0.2, 0.25) is 0 Å². The largest absolute Gasteiger partial charge is 0.508 e. The molecule has 2 N–H and O–H groups in total. The summed E-state index contributed by atoms with van der Waals surface area (Å²) in [6, 6.07) is 46.9. The second-order valence-electron chi connectivity index (χ2n) is 17.0. The van der Waals surface area contributed by atoms with E-state index < -0.39 is 35.6 Å². The molecule has 0 heterocycles. The van der Waals surface area contributed by atoms with Gasteiger partial charge in [-0.2, -0.15) is 0 Å². The van der Waals surface area contributed by atoms with Crippen LogP contribution < -0.4 is 4.74 Å². The minimum atomic E-state index is -0.738. The highest BCUT2D eigenvalue weighted by atomic mass is 32.1. The fourth-order valence-electron chi connectivity index (χ4n) is 7.41. The summed E-state index contributed by atoms with van der Waals surface area (Å²) in [6.07, 6.45) is 0. The Bertz CT molecular complexity index is 3650. The fourth-order valence-corrected chi connectivity index (χ4v) is 7.78. The van der Waals surface area contributed by atoms with Crippen LogP contribution in [-0.2, 0) is 23.7 Å². The van der Waals surface area contributed by atoms with Gasteiger partial charge in [0.2, 0.25) is 0 Å². The van der Waals surface area contributed by atoms with Crippen molar-refractivity contribution < 1.29 is 81.8 Å². The number of phenolic OH excluding ortho intramolecular Hbond substituents is 2. The molecule has 0 saturated carbocycles. The molecule has 0 fully saturated rings. The maximum atomic E-state index is 12.6. The lowest BCUT2D eigenvalue weighted by Crippen LogP contribution is -2.13. The Hall–Kier alpha value is -10.1. The number of carbonyl (C=O) groups is 9. The molecule has 0 unspecified atom stereocenters. The normalized spacial score (nSPS) is 10.0. The van der Waals surface area contributed by atoms with Crippen LogP contribution in [0.15, 0.2) is 192 Å². The van der Waals surface area contributed by atoms with Crippen molar-refractivity contribution in [1.82, 2.24) is 0 Å². The van der Waals surface area contributed by atoms with E-state index in [4.69, 9.17) is 4.74 Å². The van der Waals surface area contributed by atoms with E-state index in [1.54, 1.807) is 103 Å². The molecule has 0 aliphatic rings. The first-order chi connectivity index (χ1) is 39.8. The van der Waals surface area contributed by atoms with Crippen LogP contribution in [0.5, 0.6) is 17.2 Å². The summed E-state index contributed by atoms with van der Waals surface area (Å²) in [5.74, 6) is -3.24. The molecule has 0 spiro atoms. The van der Waals surface area contributed by atoms with Gasteiger partial charge in [-0.3, -0.25) is 19.2 Å². The Balaban J connectivity index is 0.000000203. The van der Waals surface area contributed by atoms with Crippen molar-refractivity contribution in [3.63, 3.8) is 0 Å². The number of methoxy groups -OCH3 is 5. The van der Waals surface area contributed by atoms with Crippen molar-refractivity contribution in [2.75, 3.05) is 42.2 Å². The predicted molar refractivity (Wildman–Crippen MR) is 311 cm³/mol. The zero-order chi connectivity index (χ0) is 60.8. The van der Waals surface area contributed by atoms with E-state index in [2.05, 4.69) is 48.9 Å². The maximum absolute atomic E-state index is 12.6. The minimum Gasteiger partial charge on any atom is -0.508 e. The van der Waals surface area contributed by atoms with E-state index in [1.807, 2.05) is 6.92 Å². The Morgan fingerprint density at radius 2 is 0.675 bits per heavy atom. The van der Waals surface area contributed by atoms with E-state index in [-0.39, 0.29) is 56.7 Å². The number of phenols is 2. The molecule has 8 rings (SSSR count). The molecule has 424 valence electrons. The average molecular weight is 1160 g/mol. The molecule has 8 aromatic carbocycles. The SMILES string of the molecule is CCOc1ccc(C(=O)OC)cc1C(=O)c1ccc(O)cc1.COC(=O)c1ccc(C(=O)c2ccc(O)cc2)c(C(=O)OC)c1.COC(=O)c1ccc(C(=O)c2cccc(S)c2)cc1.COC(=O)c1cccc(C(=O)c2ccc(S)cc2)c1. The topological polar surface area (TPSA) is 249 Å². The molecule has 0 aromatic heterocycles. The number of ether oxygens (including phenoxy) is 6. The third-order valence-electron chi connectivity index (χ3n) is 11.6. The average Bonchev–Trinajstić information content (AvgIpc) is 3.69. The third-order valence-corrected chi connectivity index (χ3v) is 12.2. The highest BCUT2D eigenvalue weighted by molar-refractivity contribution is 7.80. The van der Waals surface area contributed by atoms with Crippen LogP contribution in [0.25, 0.3) is 0 Å². The molecule has 0 amide bonds. The van der Waals surface area contributed by atoms with Gasteiger partial charge in [-0.05, 0) is 153 Å². The molecule has 0 bridgehead atoms. The van der Waals surface area contributed by atoms with Crippen molar-refractivity contribution in [3.8, 4) is 17.2 Å². The number of esters is 5. The van der Waals surface area contributed by atoms with E-state index >= 15 is 0 Å². The van der Waals surface area contributed by atoms with Crippen LogP contribution >= 0.6 is 25.3 Å². The first kappa shape index (κ1) is 63.7. The van der Waals surface area contributed by atoms with E-state index in [0.29, 0.717) is 56.9 Å². The summed E-state index contributed by atoms with van der Waals surface area (Å²) in [6.45, 7) is 2.20. The molecule has 19 heteroatoms. The summed E-state index contributed by atoms with van der Waals surface area (Å²) in [5.41, 5.74) is 4.29. The Labute approximate surface area is 488 Å². The summed E-state index contributed by atoms with van der Waals surface area (Å²) in [5, 5.41) is 18.6. The van der Waals surface area contributed by atoms with E-state index in [9.17, 15) is 53.4 Å². The summed E-state index contributed by atoms with van der Waals surface area (Å²) < 4.78 is 28.6. The molecular weight excluding hydrogens is 1100 g/mol. The molecule has 0 aliphatic carbocycles. The number of ketones is 4. The number of hydrogen-bond donors (Lipinski definition) is 4. The number of carbonyl (C=O) groups excluding carboxylic acids is 9. The lowest BCUT2D eigenvalue weighted by Gasteiger charge is -2.11. The second-order valence-corrected chi connectivity index (χ2v) is 18.1. The van der Waals surface area contributed by atoms with Crippen LogP contribution in [0.3, 0.4) is 0 Å². The quantitative estimate of drug-likeness (QED) is 0.0322. The highest BCUT2D eigenvalue weighted by Gasteiger charge is 2.23. The van der Waals surface area contributed by atoms with Gasteiger partial charge in [0.1, 0.15) is 17.2 Å². The van der Waals surface area contributed by atoms with Crippen molar-refractivity contribution in [2.24, 2.45) is 0 Å². The highest BCUT2D eigenvalue weighted by Crippen LogP contribution is 2.26. The molecule has 0 atom stereocenters. The second kappa shape index (κ2) is 31.0. The van der Waals surface area contributed by atoms with Gasteiger partial charge < -0.3 is 38.6 Å². The lowest BCUT2D eigenvalue weighted by atomic mass is 9.96. The van der Waals surface area contributed by atoms with Crippen molar-refractivity contribution >= 4 is 78.2 Å². The number of hydrogen-bond acceptors (Lipinski definition) is 19. The standard InChI is InChI=1S/C17H14O6.C17H16O5.2C15H12O3S/c1-22-16(20)11-5-8-13(14(9-11)17(21)23-2)15(19)10-3-6-12(18)7-4-10;1-3-22-15-9-6-12(17(20)21-2)10-14(15)16(19)11-4-7-13(18)8-5-11;1-18-15(17)11-7-5-10(6-8-11)14(16)12-3-2-4-13(19)9-12;1-18-15(17)12-4-2-3-11(9-12)14(16)10-5-7-13(19)8-6-10/h3-9,18H,1-2H3;4-10,18H,3H2,1-2H3;2*2-9,19H,1H3. The van der Waals surface area contributed by atoms with Crippen molar-refractivity contribution in [3.05, 3.63) is 254 Å². The van der Waals surface area contributed by atoms with E-state index in [0.717, 1.165) is 9.79 Å².